The van der Waals surface area contributed by atoms with Gasteiger partial charge in [-0.05, 0) is 120 Å². The Morgan fingerprint density at radius 2 is 1.25 bits per heavy atom. The molecule has 0 aliphatic heterocycles. The molecule has 1 heterocycles. The van der Waals surface area contributed by atoms with Gasteiger partial charge < -0.3 is 9.73 Å². The first kappa shape index (κ1) is 35.0. The van der Waals surface area contributed by atoms with E-state index < -0.39 is 0 Å². The Balaban J connectivity index is 0.924. The first-order valence-electron chi connectivity index (χ1n) is 20.7. The van der Waals surface area contributed by atoms with Gasteiger partial charge in [-0.25, -0.2) is 0 Å². The average molecular weight is 758 g/mol. The minimum atomic E-state index is -0.0874. The number of fused-ring (bicyclic) bond motifs is 9. The highest BCUT2D eigenvalue weighted by atomic mass is 16.3. The zero-order valence-electron chi connectivity index (χ0n) is 33.3. The lowest BCUT2D eigenvalue weighted by Gasteiger charge is -2.22. The summed E-state index contributed by atoms with van der Waals surface area (Å²) in [6, 6.07) is 68.5. The van der Waals surface area contributed by atoms with Gasteiger partial charge in [0.05, 0.1) is 0 Å². The molecule has 0 unspecified atom stereocenters. The molecule has 0 amide bonds. The second kappa shape index (κ2) is 14.0. The molecule has 282 valence electrons. The van der Waals surface area contributed by atoms with E-state index in [4.69, 9.17) is 4.42 Å². The third-order valence-corrected chi connectivity index (χ3v) is 12.6. The van der Waals surface area contributed by atoms with Crippen LogP contribution >= 0.6 is 0 Å². The van der Waals surface area contributed by atoms with Crippen molar-refractivity contribution in [3.63, 3.8) is 0 Å². The first-order valence-corrected chi connectivity index (χ1v) is 20.7. The Bertz CT molecular complexity index is 3260. The summed E-state index contributed by atoms with van der Waals surface area (Å²) in [5.74, 6) is 0. The molecule has 59 heavy (non-hydrogen) atoms. The molecule has 2 nitrogen and oxygen atoms in total. The van der Waals surface area contributed by atoms with E-state index in [2.05, 4.69) is 213 Å². The van der Waals surface area contributed by atoms with Gasteiger partial charge in [-0.1, -0.05) is 172 Å². The zero-order valence-corrected chi connectivity index (χ0v) is 33.3. The fourth-order valence-corrected chi connectivity index (χ4v) is 9.39. The fourth-order valence-electron chi connectivity index (χ4n) is 9.39. The first-order chi connectivity index (χ1) is 29.0. The number of allylic oxidation sites excluding steroid dienone is 1. The maximum Gasteiger partial charge on any atom is 0.143 e. The summed E-state index contributed by atoms with van der Waals surface area (Å²) in [5, 5.41) is 11.1. The van der Waals surface area contributed by atoms with Crippen LogP contribution in [0.4, 0.5) is 0 Å². The fraction of sp³-hybridized carbons (Fsp3) is 0.0877. The molecule has 1 aliphatic carbocycles. The predicted octanol–water partition coefficient (Wildman–Crippen LogP) is 14.9. The van der Waals surface area contributed by atoms with E-state index in [-0.39, 0.29) is 5.41 Å². The highest BCUT2D eigenvalue weighted by molar-refractivity contribution is 6.15. The molecule has 0 atom stereocenters. The van der Waals surface area contributed by atoms with Gasteiger partial charge in [0.2, 0.25) is 0 Å². The lowest BCUT2D eigenvalue weighted by atomic mass is 9.81. The van der Waals surface area contributed by atoms with Gasteiger partial charge >= 0.3 is 0 Å². The molecular formula is C57H43NO. The number of hydrogen-bond donors (Lipinski definition) is 1. The maximum absolute atomic E-state index is 6.39. The highest BCUT2D eigenvalue weighted by Gasteiger charge is 2.37. The van der Waals surface area contributed by atoms with Gasteiger partial charge in [-0.2, -0.15) is 0 Å². The molecule has 0 spiro atoms. The molecule has 10 aromatic rings. The van der Waals surface area contributed by atoms with Crippen LogP contribution in [0.3, 0.4) is 0 Å². The molecule has 1 N–H and O–H groups in total. The molecule has 1 aliphatic rings. The average Bonchev–Trinajstić information content (AvgIpc) is 3.77. The van der Waals surface area contributed by atoms with Gasteiger partial charge in [0.1, 0.15) is 11.2 Å². The lowest BCUT2D eigenvalue weighted by Crippen LogP contribution is -2.14. The van der Waals surface area contributed by atoms with Crippen LogP contribution in [-0.4, -0.2) is 0 Å². The van der Waals surface area contributed by atoms with Gasteiger partial charge in [0, 0.05) is 33.8 Å². The van der Waals surface area contributed by atoms with Crippen LogP contribution in [0.5, 0.6) is 0 Å². The number of furan rings is 1. The van der Waals surface area contributed by atoms with Gasteiger partial charge in [0.25, 0.3) is 0 Å². The van der Waals surface area contributed by atoms with Crippen LogP contribution in [0.25, 0.3) is 82.6 Å². The van der Waals surface area contributed by atoms with Crippen molar-refractivity contribution in [2.45, 2.75) is 32.2 Å². The third kappa shape index (κ3) is 6.11. The monoisotopic (exact) mass is 757 g/mol. The molecule has 9 aromatic carbocycles. The van der Waals surface area contributed by atoms with E-state index >= 15 is 0 Å². The smallest absolute Gasteiger partial charge is 0.143 e. The van der Waals surface area contributed by atoms with Gasteiger partial charge in [0.15, 0.2) is 0 Å². The Labute approximate surface area is 345 Å². The Hall–Kier alpha value is -7.16. The molecule has 2 heteroatoms. The largest absolute Gasteiger partial charge is 0.455 e. The minimum Gasteiger partial charge on any atom is -0.455 e. The predicted molar refractivity (Wildman–Crippen MR) is 249 cm³/mol. The van der Waals surface area contributed by atoms with Crippen molar-refractivity contribution in [3.8, 4) is 33.4 Å². The summed E-state index contributed by atoms with van der Waals surface area (Å²) in [6.07, 6.45) is 3.15. The Morgan fingerprint density at radius 1 is 0.508 bits per heavy atom. The van der Waals surface area contributed by atoms with E-state index in [1.807, 2.05) is 0 Å². The van der Waals surface area contributed by atoms with Crippen molar-refractivity contribution in [1.29, 1.82) is 0 Å². The molecule has 0 bridgehead atoms. The summed E-state index contributed by atoms with van der Waals surface area (Å²) in [4.78, 5) is 0. The van der Waals surface area contributed by atoms with Crippen molar-refractivity contribution < 1.29 is 4.42 Å². The summed E-state index contributed by atoms with van der Waals surface area (Å²) in [6.45, 7) is 5.48. The van der Waals surface area contributed by atoms with E-state index in [1.54, 1.807) is 0 Å². The van der Waals surface area contributed by atoms with Crippen LogP contribution in [0.1, 0.15) is 41.7 Å². The van der Waals surface area contributed by atoms with E-state index in [1.165, 1.54) is 77.4 Å². The molecule has 0 fully saturated rings. The maximum atomic E-state index is 6.39. The van der Waals surface area contributed by atoms with E-state index in [0.717, 1.165) is 46.0 Å². The lowest BCUT2D eigenvalue weighted by molar-refractivity contribution is 0.661. The van der Waals surface area contributed by atoms with Crippen molar-refractivity contribution in [1.82, 2.24) is 5.32 Å². The molecule has 1 aromatic heterocycles. The van der Waals surface area contributed by atoms with Crippen LogP contribution < -0.4 is 5.32 Å². The summed E-state index contributed by atoms with van der Waals surface area (Å²) >= 11 is 0. The molecule has 0 saturated carbocycles. The number of hydrogen-bond acceptors (Lipinski definition) is 2. The molecular weight excluding hydrogens is 715 g/mol. The van der Waals surface area contributed by atoms with Crippen molar-refractivity contribution in [3.05, 3.63) is 222 Å². The normalized spacial score (nSPS) is 13.3. The number of nitrogens with one attached hydrogen (secondary N) is 1. The number of benzene rings is 9. The standard InChI is InChI=1S/C57H43NO/c1-57(2)51-21-11-20-46(55(51)50-34-41-15-6-7-16-42(41)35-52(50)57)44-17-10-18-45(32-44)53(58-36-38-12-4-3-5-13-38)30-24-37-22-25-39(26-23-37)43-28-31-54-49(33-43)48-29-27-40-14-8-9-19-47(40)56(48)59-54/h3-23,25-35,58H,24,36H2,1-2H3/b53-30-. The minimum absolute atomic E-state index is 0.0874. The molecule has 11 rings (SSSR count). The van der Waals surface area contributed by atoms with E-state index in [9.17, 15) is 0 Å². The van der Waals surface area contributed by atoms with Gasteiger partial charge in [-0.3, -0.25) is 0 Å². The third-order valence-electron chi connectivity index (χ3n) is 12.6. The van der Waals surface area contributed by atoms with Crippen LogP contribution in [0.2, 0.25) is 0 Å². The second-order valence-corrected chi connectivity index (χ2v) is 16.5. The molecule has 0 saturated heterocycles. The summed E-state index contributed by atoms with van der Waals surface area (Å²) in [7, 11) is 0. The SMILES string of the molecule is CC1(C)c2cc3ccccc3cc2-c2c(-c3cccc(/C(=C/Cc4ccc(-c5ccc6oc7c8ccccc8ccc7c6c5)cc4)NCc4ccccc4)c3)cccc21. The van der Waals surface area contributed by atoms with Crippen molar-refractivity contribution >= 4 is 49.2 Å². The molecule has 0 radical (unpaired) electrons. The highest BCUT2D eigenvalue weighted by Crippen LogP contribution is 2.53. The van der Waals surface area contributed by atoms with Crippen LogP contribution in [0, 0.1) is 0 Å². The second-order valence-electron chi connectivity index (χ2n) is 16.5. The Morgan fingerprint density at radius 3 is 2.10 bits per heavy atom. The quantitative estimate of drug-likeness (QED) is 0.167. The Kier molecular flexibility index (Phi) is 8.34. The topological polar surface area (TPSA) is 25.2 Å². The van der Waals surface area contributed by atoms with E-state index in [0.29, 0.717) is 0 Å². The zero-order chi connectivity index (χ0) is 39.5. The number of rotatable bonds is 8. The van der Waals surface area contributed by atoms with Gasteiger partial charge in [-0.15, -0.1) is 0 Å². The van der Waals surface area contributed by atoms with Crippen molar-refractivity contribution in [2.24, 2.45) is 0 Å². The van der Waals surface area contributed by atoms with Crippen LogP contribution in [0.15, 0.2) is 199 Å². The summed E-state index contributed by atoms with van der Waals surface area (Å²) in [5.41, 5.74) is 17.0. The van der Waals surface area contributed by atoms with Crippen molar-refractivity contribution in [2.75, 3.05) is 0 Å². The summed E-state index contributed by atoms with van der Waals surface area (Å²) < 4.78 is 6.39. The van der Waals surface area contributed by atoms with Crippen LogP contribution in [-0.2, 0) is 18.4 Å².